The zero-order chi connectivity index (χ0) is 9.68. The maximum Gasteiger partial charge on any atom is 0.257 e. The minimum absolute atomic E-state index is 0.601. The van der Waals surface area contributed by atoms with Gasteiger partial charge >= 0.3 is 0 Å². The Kier molecular flexibility index (Phi) is 3.55. The van der Waals surface area contributed by atoms with Gasteiger partial charge in [0.15, 0.2) is 5.75 Å². The van der Waals surface area contributed by atoms with Crippen LogP contribution in [0.3, 0.4) is 0 Å². The molecule has 1 aromatic rings. The molecule has 0 saturated heterocycles. The van der Waals surface area contributed by atoms with Gasteiger partial charge in [-0.25, -0.2) is 4.98 Å². The van der Waals surface area contributed by atoms with Crippen molar-refractivity contribution >= 4 is 0 Å². The lowest BCUT2D eigenvalue weighted by Gasteiger charge is -2.16. The molecular formula is C10H15NO2. The number of hydrogen-bond donors (Lipinski definition) is 0. The van der Waals surface area contributed by atoms with E-state index in [2.05, 4.69) is 4.98 Å². The third-order valence-corrected chi connectivity index (χ3v) is 1.54. The van der Waals surface area contributed by atoms with Crippen LogP contribution in [0.1, 0.15) is 19.5 Å². The molecule has 1 aromatic heterocycles. The van der Waals surface area contributed by atoms with Crippen LogP contribution in [0.15, 0.2) is 12.1 Å². The van der Waals surface area contributed by atoms with Gasteiger partial charge in [0.2, 0.25) is 0 Å². The molecule has 0 aromatic carbocycles. The zero-order valence-corrected chi connectivity index (χ0v) is 8.33. The molecule has 1 aliphatic rings. The monoisotopic (exact) mass is 181 g/mol. The number of fused-ring (bicyclic) bond motifs is 1. The fourth-order valence-electron chi connectivity index (χ4n) is 1.02. The molecule has 0 aliphatic carbocycles. The van der Waals surface area contributed by atoms with E-state index in [-0.39, 0.29) is 0 Å². The lowest BCUT2D eigenvalue weighted by Crippen LogP contribution is -2.16. The first-order valence-electron chi connectivity index (χ1n) is 4.59. The van der Waals surface area contributed by atoms with Gasteiger partial charge in [0.05, 0.1) is 0 Å². The quantitative estimate of drug-likeness (QED) is 0.614. The molecule has 0 saturated carbocycles. The van der Waals surface area contributed by atoms with Crippen LogP contribution in [0.4, 0.5) is 0 Å². The molecular weight excluding hydrogens is 166 g/mol. The number of aryl methyl sites for hydroxylation is 1. The highest BCUT2D eigenvalue weighted by Crippen LogP contribution is 2.26. The number of hydrogen-bond acceptors (Lipinski definition) is 3. The minimum atomic E-state index is 0.601. The molecule has 2 rings (SSSR count). The van der Waals surface area contributed by atoms with Gasteiger partial charge in [0.1, 0.15) is 13.2 Å². The average molecular weight is 181 g/mol. The van der Waals surface area contributed by atoms with Gasteiger partial charge in [0.25, 0.3) is 5.88 Å². The van der Waals surface area contributed by atoms with Crippen LogP contribution >= 0.6 is 0 Å². The Labute approximate surface area is 78.7 Å². The lowest BCUT2D eigenvalue weighted by molar-refractivity contribution is 0.164. The number of aromatic nitrogens is 1. The number of rotatable bonds is 0. The fraction of sp³-hybridized carbons (Fsp3) is 0.500. The molecule has 0 N–H and O–H groups in total. The van der Waals surface area contributed by atoms with Crippen LogP contribution in [0.2, 0.25) is 0 Å². The molecule has 3 heteroatoms. The van der Waals surface area contributed by atoms with Crippen molar-refractivity contribution < 1.29 is 9.47 Å². The Morgan fingerprint density at radius 2 is 1.85 bits per heavy atom. The number of nitrogens with zero attached hydrogens (tertiary/aromatic N) is 1. The summed E-state index contributed by atoms with van der Waals surface area (Å²) in [7, 11) is 0. The maximum absolute atomic E-state index is 5.29. The van der Waals surface area contributed by atoms with Crippen molar-refractivity contribution in [2.24, 2.45) is 0 Å². The fourth-order valence-corrected chi connectivity index (χ4v) is 1.02. The second-order valence-corrected chi connectivity index (χ2v) is 2.45. The number of ether oxygens (including phenoxy) is 2. The number of pyridine rings is 1. The molecule has 0 bridgehead atoms. The van der Waals surface area contributed by atoms with Crippen LogP contribution < -0.4 is 9.47 Å². The van der Waals surface area contributed by atoms with E-state index >= 15 is 0 Å². The van der Waals surface area contributed by atoms with E-state index in [1.807, 2.05) is 32.9 Å². The Bertz CT molecular complexity index is 274. The normalized spacial score (nSPS) is 12.8. The molecule has 1 aliphatic heterocycles. The molecule has 0 fully saturated rings. The van der Waals surface area contributed by atoms with Gasteiger partial charge < -0.3 is 9.47 Å². The highest BCUT2D eigenvalue weighted by atomic mass is 16.6. The van der Waals surface area contributed by atoms with E-state index in [0.717, 1.165) is 11.4 Å². The lowest BCUT2D eigenvalue weighted by atomic mass is 10.3. The van der Waals surface area contributed by atoms with Crippen molar-refractivity contribution in [2.45, 2.75) is 20.8 Å². The van der Waals surface area contributed by atoms with Gasteiger partial charge in [-0.15, -0.1) is 0 Å². The van der Waals surface area contributed by atoms with Gasteiger partial charge in [-0.2, -0.15) is 0 Å². The van der Waals surface area contributed by atoms with Gasteiger partial charge in [-0.1, -0.05) is 13.8 Å². The third-order valence-electron chi connectivity index (χ3n) is 1.54. The predicted molar refractivity (Wildman–Crippen MR) is 51.3 cm³/mol. The molecule has 0 spiro atoms. The molecule has 2 heterocycles. The summed E-state index contributed by atoms with van der Waals surface area (Å²) in [5.74, 6) is 1.37. The van der Waals surface area contributed by atoms with Crippen molar-refractivity contribution in [3.8, 4) is 11.6 Å². The van der Waals surface area contributed by atoms with Crippen LogP contribution in [-0.2, 0) is 0 Å². The highest BCUT2D eigenvalue weighted by Gasteiger charge is 2.11. The van der Waals surface area contributed by atoms with Crippen LogP contribution in [-0.4, -0.2) is 18.2 Å². The summed E-state index contributed by atoms with van der Waals surface area (Å²) in [5.41, 5.74) is 0.953. The summed E-state index contributed by atoms with van der Waals surface area (Å²) in [6, 6.07) is 3.80. The van der Waals surface area contributed by atoms with Crippen molar-refractivity contribution in [3.05, 3.63) is 17.8 Å². The summed E-state index contributed by atoms with van der Waals surface area (Å²) in [6.45, 7) is 7.15. The van der Waals surface area contributed by atoms with Gasteiger partial charge in [0, 0.05) is 5.69 Å². The Balaban J connectivity index is 0.000000396. The van der Waals surface area contributed by atoms with E-state index in [1.165, 1.54) is 0 Å². The molecule has 3 nitrogen and oxygen atoms in total. The topological polar surface area (TPSA) is 31.4 Å². The first-order chi connectivity index (χ1) is 6.36. The van der Waals surface area contributed by atoms with Crippen molar-refractivity contribution in [2.75, 3.05) is 13.2 Å². The summed E-state index contributed by atoms with van der Waals surface area (Å²) in [6.07, 6.45) is 0. The molecule has 0 atom stereocenters. The third kappa shape index (κ3) is 2.34. The van der Waals surface area contributed by atoms with E-state index < -0.39 is 0 Å². The van der Waals surface area contributed by atoms with Crippen LogP contribution in [0.5, 0.6) is 11.6 Å². The summed E-state index contributed by atoms with van der Waals surface area (Å²) in [5, 5.41) is 0. The molecule has 72 valence electrons. The van der Waals surface area contributed by atoms with E-state index in [9.17, 15) is 0 Å². The second kappa shape index (κ2) is 4.70. The molecule has 13 heavy (non-hydrogen) atoms. The highest BCUT2D eigenvalue weighted by molar-refractivity contribution is 5.35. The van der Waals surface area contributed by atoms with Gasteiger partial charge in [-0.05, 0) is 19.1 Å². The standard InChI is InChI=1S/C8H9NO2.C2H6/c1-6-2-3-7-8(9-6)11-5-4-10-7;1-2/h2-3H,4-5H2,1H3;1-2H3. The first-order valence-corrected chi connectivity index (χ1v) is 4.59. The largest absolute Gasteiger partial charge is 0.484 e. The van der Waals surface area contributed by atoms with Crippen molar-refractivity contribution in [3.63, 3.8) is 0 Å². The van der Waals surface area contributed by atoms with E-state index in [1.54, 1.807) is 0 Å². The molecule has 0 amide bonds. The Morgan fingerprint density at radius 3 is 2.62 bits per heavy atom. The second-order valence-electron chi connectivity index (χ2n) is 2.45. The van der Waals surface area contributed by atoms with Gasteiger partial charge in [-0.3, -0.25) is 0 Å². The SMILES string of the molecule is CC.Cc1ccc2c(n1)OCCO2. The van der Waals surface area contributed by atoms with E-state index in [4.69, 9.17) is 9.47 Å². The molecule has 0 unspecified atom stereocenters. The summed E-state index contributed by atoms with van der Waals surface area (Å²) < 4.78 is 10.6. The van der Waals surface area contributed by atoms with Crippen molar-refractivity contribution in [1.29, 1.82) is 0 Å². The average Bonchev–Trinajstić information content (AvgIpc) is 2.21. The predicted octanol–water partition coefficient (Wildman–Crippen LogP) is 2.19. The van der Waals surface area contributed by atoms with E-state index in [0.29, 0.717) is 19.1 Å². The summed E-state index contributed by atoms with van der Waals surface area (Å²) >= 11 is 0. The molecule has 0 radical (unpaired) electrons. The maximum atomic E-state index is 5.29. The summed E-state index contributed by atoms with van der Waals surface area (Å²) in [4.78, 5) is 4.17. The Hall–Kier alpha value is -1.25. The van der Waals surface area contributed by atoms with Crippen molar-refractivity contribution in [1.82, 2.24) is 4.98 Å². The smallest absolute Gasteiger partial charge is 0.257 e. The zero-order valence-electron chi connectivity index (χ0n) is 8.33. The Morgan fingerprint density at radius 1 is 1.15 bits per heavy atom. The van der Waals surface area contributed by atoms with Crippen LogP contribution in [0, 0.1) is 6.92 Å². The minimum Gasteiger partial charge on any atom is -0.484 e. The first kappa shape index (κ1) is 9.84. The van der Waals surface area contributed by atoms with Crippen LogP contribution in [0.25, 0.3) is 0 Å².